The Hall–Kier alpha value is -2.37. The van der Waals surface area contributed by atoms with Gasteiger partial charge in [-0.2, -0.15) is 0 Å². The third-order valence-electron chi connectivity index (χ3n) is 4.64. The van der Waals surface area contributed by atoms with Crippen LogP contribution in [0.3, 0.4) is 0 Å². The number of amides is 1. The third kappa shape index (κ3) is 3.52. The van der Waals surface area contributed by atoms with Crippen LogP contribution in [0, 0.1) is 23.3 Å². The predicted octanol–water partition coefficient (Wildman–Crippen LogP) is 4.70. The van der Waals surface area contributed by atoms with E-state index >= 15 is 0 Å². The largest absolute Gasteiger partial charge is 0.349 e. The molecule has 0 aliphatic heterocycles. The number of nitrogens with one attached hydrogen (secondary N) is 1. The van der Waals surface area contributed by atoms with Gasteiger partial charge < -0.3 is 5.32 Å². The van der Waals surface area contributed by atoms with Gasteiger partial charge in [0.2, 0.25) is 0 Å². The van der Waals surface area contributed by atoms with Gasteiger partial charge >= 0.3 is 0 Å². The molecule has 1 aliphatic rings. The van der Waals surface area contributed by atoms with Gasteiger partial charge in [-0.1, -0.05) is 25.0 Å². The number of halogens is 4. The van der Waals surface area contributed by atoms with Crippen molar-refractivity contribution in [1.82, 2.24) is 5.32 Å². The van der Waals surface area contributed by atoms with Gasteiger partial charge in [0, 0.05) is 17.5 Å². The molecular weight excluding hydrogens is 334 g/mol. The second-order valence-electron chi connectivity index (χ2n) is 6.20. The molecule has 1 N–H and O–H groups in total. The molecule has 0 heterocycles. The number of carbonyl (C=O) groups excluding carboxylic acids is 1. The number of hydrogen-bond donors (Lipinski definition) is 1. The summed E-state index contributed by atoms with van der Waals surface area (Å²) in [5.74, 6) is -4.78. The Kier molecular flexibility index (Phi) is 5.06. The minimum Gasteiger partial charge on any atom is -0.349 e. The lowest BCUT2D eigenvalue weighted by Gasteiger charge is -2.33. The molecule has 2 aromatic carbocycles. The highest BCUT2D eigenvalue weighted by atomic mass is 19.1. The molecule has 1 amide bonds. The Morgan fingerprint density at radius 1 is 0.840 bits per heavy atom. The first kappa shape index (κ1) is 17.5. The Morgan fingerprint density at radius 3 is 1.96 bits per heavy atom. The normalized spacial score (nSPS) is 20.3. The monoisotopic (exact) mass is 351 g/mol. The van der Waals surface area contributed by atoms with Crippen molar-refractivity contribution in [1.29, 1.82) is 0 Å². The maximum Gasteiger partial charge on any atom is 0.257 e. The van der Waals surface area contributed by atoms with Gasteiger partial charge in [-0.3, -0.25) is 4.79 Å². The van der Waals surface area contributed by atoms with Gasteiger partial charge in [-0.05, 0) is 37.1 Å². The molecule has 2 nitrogen and oxygen atoms in total. The van der Waals surface area contributed by atoms with Crippen LogP contribution in [-0.4, -0.2) is 11.9 Å². The van der Waals surface area contributed by atoms with E-state index in [9.17, 15) is 22.4 Å². The zero-order valence-corrected chi connectivity index (χ0v) is 13.4. The summed E-state index contributed by atoms with van der Waals surface area (Å²) in [7, 11) is 0. The average molecular weight is 351 g/mol. The van der Waals surface area contributed by atoms with Gasteiger partial charge in [-0.15, -0.1) is 0 Å². The molecule has 0 bridgehead atoms. The zero-order chi connectivity index (χ0) is 18.0. The van der Waals surface area contributed by atoms with Crippen LogP contribution in [0.15, 0.2) is 36.4 Å². The molecule has 3 rings (SSSR count). The van der Waals surface area contributed by atoms with Crippen molar-refractivity contribution in [3.8, 4) is 0 Å². The lowest BCUT2D eigenvalue weighted by molar-refractivity contribution is 0.0911. The second-order valence-corrected chi connectivity index (χ2v) is 6.20. The van der Waals surface area contributed by atoms with Crippen LogP contribution in [-0.2, 0) is 0 Å². The molecule has 132 valence electrons. The fourth-order valence-electron chi connectivity index (χ4n) is 3.47. The molecule has 25 heavy (non-hydrogen) atoms. The summed E-state index contributed by atoms with van der Waals surface area (Å²) in [6, 6.07) is 6.18. The topological polar surface area (TPSA) is 29.1 Å². The molecule has 1 saturated carbocycles. The summed E-state index contributed by atoms with van der Waals surface area (Å²) < 4.78 is 55.8. The van der Waals surface area contributed by atoms with Crippen LogP contribution in [0.1, 0.15) is 47.5 Å². The van der Waals surface area contributed by atoms with E-state index in [1.165, 1.54) is 24.3 Å². The van der Waals surface area contributed by atoms with E-state index in [1.807, 2.05) is 0 Å². The number of rotatable bonds is 3. The highest BCUT2D eigenvalue weighted by molar-refractivity contribution is 5.95. The average Bonchev–Trinajstić information content (AvgIpc) is 2.56. The maximum absolute atomic E-state index is 14.1. The predicted molar refractivity (Wildman–Crippen MR) is 85.2 cm³/mol. The van der Waals surface area contributed by atoms with Crippen LogP contribution in [0.4, 0.5) is 17.6 Å². The van der Waals surface area contributed by atoms with E-state index in [4.69, 9.17) is 0 Å². The first-order valence-corrected chi connectivity index (χ1v) is 8.18. The molecule has 0 unspecified atom stereocenters. The second kappa shape index (κ2) is 7.25. The summed E-state index contributed by atoms with van der Waals surface area (Å²) in [5.41, 5.74) is -0.762. The summed E-state index contributed by atoms with van der Waals surface area (Å²) in [6.07, 6.45) is 2.50. The molecule has 6 heteroatoms. The van der Waals surface area contributed by atoms with E-state index in [0.29, 0.717) is 12.8 Å². The summed E-state index contributed by atoms with van der Waals surface area (Å²) in [5, 5.41) is 2.57. The van der Waals surface area contributed by atoms with Crippen molar-refractivity contribution in [2.24, 2.45) is 0 Å². The first-order valence-electron chi connectivity index (χ1n) is 8.18. The quantitative estimate of drug-likeness (QED) is 0.798. The zero-order valence-electron chi connectivity index (χ0n) is 13.4. The minimum absolute atomic E-state index is 0.0819. The van der Waals surface area contributed by atoms with E-state index < -0.39 is 46.7 Å². The molecule has 0 aromatic heterocycles. The van der Waals surface area contributed by atoms with E-state index in [-0.39, 0.29) is 5.56 Å². The fourth-order valence-corrected chi connectivity index (χ4v) is 3.47. The molecule has 2 atom stereocenters. The Morgan fingerprint density at radius 2 is 1.36 bits per heavy atom. The van der Waals surface area contributed by atoms with Crippen LogP contribution in [0.5, 0.6) is 0 Å². The molecule has 0 saturated heterocycles. The maximum atomic E-state index is 14.1. The lowest BCUT2D eigenvalue weighted by atomic mass is 9.79. The highest BCUT2D eigenvalue weighted by Gasteiger charge is 2.32. The standard InChI is InChI=1S/C19H17F4NO/c20-12-6-3-7-13(21)17(12)11-5-1-2-10-16(11)24-19(25)18-14(22)8-4-9-15(18)23/h3-4,6-9,11,16H,1-2,5,10H2,(H,24,25)/t11-,16+/m1/s1. The van der Waals surface area contributed by atoms with Crippen molar-refractivity contribution in [2.75, 3.05) is 0 Å². The molecule has 1 fully saturated rings. The van der Waals surface area contributed by atoms with Gasteiger partial charge in [0.1, 0.15) is 28.8 Å². The van der Waals surface area contributed by atoms with Crippen molar-refractivity contribution < 1.29 is 22.4 Å². The highest BCUT2D eigenvalue weighted by Crippen LogP contribution is 2.36. The Balaban J connectivity index is 1.88. The van der Waals surface area contributed by atoms with Crippen molar-refractivity contribution >= 4 is 5.91 Å². The summed E-state index contributed by atoms with van der Waals surface area (Å²) >= 11 is 0. The SMILES string of the molecule is O=C(N[C@H]1CCCC[C@H]1c1c(F)cccc1F)c1c(F)cccc1F. The minimum atomic E-state index is -0.970. The molecule has 1 aliphatic carbocycles. The van der Waals surface area contributed by atoms with Gasteiger partial charge in [0.25, 0.3) is 5.91 Å². The number of benzene rings is 2. The smallest absolute Gasteiger partial charge is 0.257 e. The molecular formula is C19H17F4NO. The van der Waals surface area contributed by atoms with Crippen LogP contribution in [0.25, 0.3) is 0 Å². The summed E-state index contributed by atoms with van der Waals surface area (Å²) in [4.78, 5) is 12.3. The number of hydrogen-bond acceptors (Lipinski definition) is 1. The van der Waals surface area contributed by atoms with Crippen LogP contribution < -0.4 is 5.32 Å². The van der Waals surface area contributed by atoms with Crippen molar-refractivity contribution in [2.45, 2.75) is 37.6 Å². The van der Waals surface area contributed by atoms with Crippen LogP contribution >= 0.6 is 0 Å². The first-order chi connectivity index (χ1) is 12.0. The fraction of sp³-hybridized carbons (Fsp3) is 0.316. The number of carbonyl (C=O) groups is 1. The van der Waals surface area contributed by atoms with E-state index in [1.54, 1.807) is 0 Å². The van der Waals surface area contributed by atoms with E-state index in [2.05, 4.69) is 5.32 Å². The Bertz CT molecular complexity index is 752. The summed E-state index contributed by atoms with van der Waals surface area (Å²) in [6.45, 7) is 0. The van der Waals surface area contributed by atoms with Crippen molar-refractivity contribution in [3.63, 3.8) is 0 Å². The molecule has 0 spiro atoms. The van der Waals surface area contributed by atoms with E-state index in [0.717, 1.165) is 25.0 Å². The Labute approximate surface area is 142 Å². The van der Waals surface area contributed by atoms with Crippen molar-refractivity contribution in [3.05, 3.63) is 70.8 Å². The third-order valence-corrected chi connectivity index (χ3v) is 4.64. The van der Waals surface area contributed by atoms with Crippen LogP contribution in [0.2, 0.25) is 0 Å². The lowest BCUT2D eigenvalue weighted by Crippen LogP contribution is -2.42. The van der Waals surface area contributed by atoms with Gasteiger partial charge in [0.15, 0.2) is 0 Å². The van der Waals surface area contributed by atoms with Gasteiger partial charge in [0.05, 0.1) is 0 Å². The van der Waals surface area contributed by atoms with Gasteiger partial charge in [-0.25, -0.2) is 17.6 Å². The molecule has 2 aromatic rings. The molecule has 0 radical (unpaired) electrons.